The molecule has 0 aliphatic carbocycles. The minimum Gasteiger partial charge on any atom is -0.451 e. The number of hydrogen-bond acceptors (Lipinski definition) is 5. The summed E-state index contributed by atoms with van der Waals surface area (Å²) in [6.45, 7) is 10.8. The number of aryl methyl sites for hydroxylation is 4. The van der Waals surface area contributed by atoms with Crippen LogP contribution in [0.1, 0.15) is 106 Å². The van der Waals surface area contributed by atoms with Crippen molar-refractivity contribution < 1.29 is 23.5 Å². The lowest BCUT2D eigenvalue weighted by Gasteiger charge is -2.37. The summed E-state index contributed by atoms with van der Waals surface area (Å²) in [6.07, 6.45) is 14.0. The van der Waals surface area contributed by atoms with Crippen LogP contribution in [0.3, 0.4) is 0 Å². The second kappa shape index (κ2) is 16.2. The number of fused-ring (bicyclic) bond motifs is 3. The molecule has 0 N–H and O–H groups in total. The van der Waals surface area contributed by atoms with Crippen LogP contribution in [0.15, 0.2) is 36.5 Å². The van der Waals surface area contributed by atoms with E-state index >= 15 is 0 Å². The van der Waals surface area contributed by atoms with Gasteiger partial charge in [0.1, 0.15) is 6.54 Å². The van der Waals surface area contributed by atoms with Crippen molar-refractivity contribution in [2.45, 2.75) is 124 Å². The van der Waals surface area contributed by atoms with Crippen LogP contribution in [0.2, 0.25) is 0 Å². The third kappa shape index (κ3) is 9.40. The maximum Gasteiger partial charge on any atom is 0.351 e. The standard InChI is InChI=1S/C37H54N3O4/c1-6-7-8-9-10-11-12-13-14-15-36(41)44-30(4)37(42)43-27-40(5)23-21-35-33(26-40)32-24-28(2)16-19-34(32)39(35)22-20-31-18-17-29(3)38-25-31/h16-19,24-25,30H,6-15,20-23,26-27H2,1-5H3/q+1. The van der Waals surface area contributed by atoms with Gasteiger partial charge in [-0.2, -0.15) is 0 Å². The molecule has 240 valence electrons. The average Bonchev–Trinajstić information content (AvgIpc) is 3.30. The van der Waals surface area contributed by atoms with Crippen LogP contribution in [0.5, 0.6) is 0 Å². The van der Waals surface area contributed by atoms with Gasteiger partial charge >= 0.3 is 11.9 Å². The summed E-state index contributed by atoms with van der Waals surface area (Å²) in [4.78, 5) is 29.6. The van der Waals surface area contributed by atoms with Gasteiger partial charge in [-0.25, -0.2) is 4.79 Å². The van der Waals surface area contributed by atoms with Gasteiger partial charge < -0.3 is 14.0 Å². The third-order valence-electron chi connectivity index (χ3n) is 9.11. The molecule has 7 nitrogen and oxygen atoms in total. The number of carbonyl (C=O) groups is 2. The van der Waals surface area contributed by atoms with Gasteiger partial charge in [-0.15, -0.1) is 0 Å². The van der Waals surface area contributed by atoms with Gasteiger partial charge in [-0.3, -0.25) is 14.3 Å². The van der Waals surface area contributed by atoms with Gasteiger partial charge in [-0.1, -0.05) is 76.0 Å². The predicted molar refractivity (Wildman–Crippen MR) is 176 cm³/mol. The Labute approximate surface area is 264 Å². The lowest BCUT2D eigenvalue weighted by molar-refractivity contribution is -0.940. The first-order valence-electron chi connectivity index (χ1n) is 16.9. The fourth-order valence-corrected chi connectivity index (χ4v) is 6.36. The molecule has 2 atom stereocenters. The summed E-state index contributed by atoms with van der Waals surface area (Å²) in [5.74, 6) is -0.787. The van der Waals surface area contributed by atoms with E-state index in [-0.39, 0.29) is 12.7 Å². The molecular weight excluding hydrogens is 550 g/mol. The van der Waals surface area contributed by atoms with E-state index in [9.17, 15) is 9.59 Å². The van der Waals surface area contributed by atoms with E-state index < -0.39 is 12.1 Å². The van der Waals surface area contributed by atoms with Crippen molar-refractivity contribution in [2.24, 2.45) is 0 Å². The van der Waals surface area contributed by atoms with Crippen molar-refractivity contribution >= 4 is 22.8 Å². The number of esters is 2. The molecular formula is C37H54N3O4+. The number of pyridine rings is 1. The second-order valence-electron chi connectivity index (χ2n) is 13.2. The number of nitrogens with zero attached hydrogens (tertiary/aromatic N) is 3. The minimum atomic E-state index is -0.895. The SMILES string of the molecule is CCCCCCCCCCCC(=O)OC(C)C(=O)OC[N+]1(C)CCc2c(c3cc(C)ccc3n2CCc2ccc(C)nc2)C1. The van der Waals surface area contributed by atoms with E-state index in [0.717, 1.165) is 57.4 Å². The molecule has 1 aliphatic heterocycles. The normalized spacial score (nSPS) is 16.9. The fourth-order valence-electron chi connectivity index (χ4n) is 6.36. The van der Waals surface area contributed by atoms with E-state index in [4.69, 9.17) is 9.47 Å². The molecule has 0 spiro atoms. The first-order valence-corrected chi connectivity index (χ1v) is 16.9. The van der Waals surface area contributed by atoms with Gasteiger partial charge in [-0.05, 0) is 57.4 Å². The van der Waals surface area contributed by atoms with Gasteiger partial charge in [0.15, 0.2) is 6.10 Å². The summed E-state index contributed by atoms with van der Waals surface area (Å²) in [5.41, 5.74) is 7.50. The van der Waals surface area contributed by atoms with Crippen molar-refractivity contribution in [2.75, 3.05) is 20.3 Å². The fraction of sp³-hybridized carbons (Fsp3) is 0.595. The number of benzene rings is 1. The van der Waals surface area contributed by atoms with Gasteiger partial charge in [0, 0.05) is 53.4 Å². The molecule has 2 unspecified atom stereocenters. The highest BCUT2D eigenvalue weighted by molar-refractivity contribution is 5.86. The van der Waals surface area contributed by atoms with Crippen LogP contribution < -0.4 is 0 Å². The predicted octanol–water partition coefficient (Wildman–Crippen LogP) is 7.75. The van der Waals surface area contributed by atoms with Crippen molar-refractivity contribution in [3.63, 3.8) is 0 Å². The summed E-state index contributed by atoms with van der Waals surface area (Å²) in [5, 5.41) is 1.29. The maximum absolute atomic E-state index is 12.8. The quantitative estimate of drug-likeness (QED) is 0.0895. The van der Waals surface area contributed by atoms with E-state index in [1.54, 1.807) is 6.92 Å². The van der Waals surface area contributed by atoms with Crippen LogP contribution in [0.25, 0.3) is 10.9 Å². The van der Waals surface area contributed by atoms with E-state index in [2.05, 4.69) is 60.8 Å². The summed E-state index contributed by atoms with van der Waals surface area (Å²) in [6, 6.07) is 11.0. The molecule has 2 aromatic heterocycles. The Morgan fingerprint density at radius 1 is 1.00 bits per heavy atom. The van der Waals surface area contributed by atoms with Crippen molar-refractivity contribution in [3.05, 3.63) is 64.6 Å². The van der Waals surface area contributed by atoms with E-state index in [1.165, 1.54) is 71.8 Å². The third-order valence-corrected chi connectivity index (χ3v) is 9.11. The Hall–Kier alpha value is -3.19. The van der Waals surface area contributed by atoms with E-state index in [0.29, 0.717) is 10.9 Å². The highest BCUT2D eigenvalue weighted by atomic mass is 16.6. The van der Waals surface area contributed by atoms with Gasteiger partial charge in [0.2, 0.25) is 6.73 Å². The molecule has 0 bridgehead atoms. The number of hydrogen-bond donors (Lipinski definition) is 0. The largest absolute Gasteiger partial charge is 0.451 e. The zero-order chi connectivity index (χ0) is 31.5. The number of aromatic nitrogens is 2. The highest BCUT2D eigenvalue weighted by Crippen LogP contribution is 2.34. The lowest BCUT2D eigenvalue weighted by atomic mass is 10.0. The van der Waals surface area contributed by atoms with Crippen molar-refractivity contribution in [3.8, 4) is 0 Å². The number of rotatable bonds is 17. The molecule has 0 fully saturated rings. The molecule has 0 amide bonds. The van der Waals surface area contributed by atoms with Gasteiger partial charge in [0.25, 0.3) is 0 Å². The molecule has 3 aromatic rings. The number of likely N-dealkylation sites (N-methyl/N-ethyl adjacent to an activating group) is 1. The van der Waals surface area contributed by atoms with Crippen LogP contribution in [0, 0.1) is 13.8 Å². The molecule has 1 aliphatic rings. The van der Waals surface area contributed by atoms with Crippen LogP contribution in [-0.4, -0.2) is 52.4 Å². The summed E-state index contributed by atoms with van der Waals surface area (Å²) >= 11 is 0. The number of quaternary nitrogens is 1. The Morgan fingerprint density at radius 2 is 1.73 bits per heavy atom. The summed E-state index contributed by atoms with van der Waals surface area (Å²) in [7, 11) is 2.15. The van der Waals surface area contributed by atoms with Crippen LogP contribution in [0.4, 0.5) is 0 Å². The molecule has 1 aromatic carbocycles. The molecule has 44 heavy (non-hydrogen) atoms. The second-order valence-corrected chi connectivity index (χ2v) is 13.2. The maximum atomic E-state index is 12.8. The Balaban J connectivity index is 1.27. The molecule has 4 rings (SSSR count). The van der Waals surface area contributed by atoms with Crippen LogP contribution in [-0.2, 0) is 45.0 Å². The molecule has 7 heteroatoms. The number of unbranched alkanes of at least 4 members (excludes halogenated alkanes) is 8. The molecule has 0 saturated heterocycles. The number of carbonyl (C=O) groups excluding carboxylic acids is 2. The molecule has 0 radical (unpaired) electrons. The lowest BCUT2D eigenvalue weighted by Crippen LogP contribution is -2.50. The minimum absolute atomic E-state index is 0.256. The van der Waals surface area contributed by atoms with Crippen molar-refractivity contribution in [1.29, 1.82) is 0 Å². The van der Waals surface area contributed by atoms with Crippen LogP contribution >= 0.6 is 0 Å². The Morgan fingerprint density at radius 3 is 2.43 bits per heavy atom. The number of ether oxygens (including phenoxy) is 2. The first kappa shape index (κ1) is 33.7. The zero-order valence-corrected chi connectivity index (χ0v) is 27.8. The highest BCUT2D eigenvalue weighted by Gasteiger charge is 2.34. The van der Waals surface area contributed by atoms with E-state index in [1.807, 2.05) is 13.1 Å². The Bertz CT molecular complexity index is 1380. The van der Waals surface area contributed by atoms with Crippen molar-refractivity contribution in [1.82, 2.24) is 9.55 Å². The topological polar surface area (TPSA) is 70.4 Å². The Kier molecular flexibility index (Phi) is 12.4. The summed E-state index contributed by atoms with van der Waals surface area (Å²) < 4.78 is 14.3. The monoisotopic (exact) mass is 604 g/mol. The zero-order valence-electron chi connectivity index (χ0n) is 27.8. The molecule has 3 heterocycles. The molecule has 0 saturated carbocycles. The van der Waals surface area contributed by atoms with Gasteiger partial charge in [0.05, 0.1) is 13.6 Å². The first-order chi connectivity index (χ1) is 21.2. The smallest absolute Gasteiger partial charge is 0.351 e. The average molecular weight is 605 g/mol.